The molecule has 4 heteroatoms. The van der Waals surface area contributed by atoms with E-state index in [0.29, 0.717) is 17.0 Å². The molecule has 0 aromatic rings. The van der Waals surface area contributed by atoms with Gasteiger partial charge >= 0.3 is 0 Å². The van der Waals surface area contributed by atoms with E-state index < -0.39 is 0 Å². The Morgan fingerprint density at radius 1 is 1.38 bits per heavy atom. The van der Waals surface area contributed by atoms with Gasteiger partial charge in [0.2, 0.25) is 0 Å². The lowest BCUT2D eigenvalue weighted by Gasteiger charge is -2.09. The molecule has 1 rings (SSSR count). The summed E-state index contributed by atoms with van der Waals surface area (Å²) in [6.45, 7) is 4.20. The van der Waals surface area contributed by atoms with Gasteiger partial charge in [-0.1, -0.05) is 49.2 Å². The third-order valence-corrected chi connectivity index (χ3v) is 3.63. The Morgan fingerprint density at radius 2 is 2.06 bits per heavy atom. The number of allylic oxidation sites excluding steroid dienone is 3. The maximum absolute atomic E-state index is 6.10. The molecule has 0 saturated heterocycles. The fourth-order valence-corrected chi connectivity index (χ4v) is 1.92. The molecule has 90 valence electrons. The van der Waals surface area contributed by atoms with Crippen molar-refractivity contribution < 1.29 is 0 Å². The lowest BCUT2D eigenvalue weighted by Crippen LogP contribution is -2.10. The first kappa shape index (κ1) is 13.6. The summed E-state index contributed by atoms with van der Waals surface area (Å²) < 4.78 is 0. The third kappa shape index (κ3) is 4.18. The van der Waals surface area contributed by atoms with Crippen molar-refractivity contribution in [2.45, 2.75) is 33.1 Å². The molecular weight excluding hydrogens is 243 g/mol. The number of hydrogen-bond acceptors (Lipinski definition) is 2. The Bertz CT molecular complexity index is 308. The fraction of sp³-hybridized carbons (Fsp3) is 0.583. The van der Waals surface area contributed by atoms with Gasteiger partial charge in [0.15, 0.2) is 0 Å². The van der Waals surface area contributed by atoms with E-state index in [-0.39, 0.29) is 0 Å². The predicted octanol–water partition coefficient (Wildman–Crippen LogP) is 4.22. The molecule has 0 aromatic heterocycles. The molecule has 0 spiro atoms. The average molecular weight is 261 g/mol. The van der Waals surface area contributed by atoms with Crippen molar-refractivity contribution >= 4 is 28.4 Å². The highest BCUT2D eigenvalue weighted by Gasteiger charge is 2.11. The van der Waals surface area contributed by atoms with Crippen LogP contribution in [0.2, 0.25) is 0 Å². The van der Waals surface area contributed by atoms with Crippen molar-refractivity contribution in [3.63, 3.8) is 0 Å². The monoisotopic (exact) mass is 260 g/mol. The molecule has 2 nitrogen and oxygen atoms in total. The molecule has 2 atom stereocenters. The van der Waals surface area contributed by atoms with Crippen molar-refractivity contribution in [3.8, 4) is 0 Å². The smallest absolute Gasteiger partial charge is 0.129 e. The first-order valence-electron chi connectivity index (χ1n) is 5.64. The van der Waals surface area contributed by atoms with Gasteiger partial charge < -0.3 is 0 Å². The van der Waals surface area contributed by atoms with Gasteiger partial charge in [-0.2, -0.15) is 5.10 Å². The van der Waals surface area contributed by atoms with Crippen LogP contribution in [0, 0.1) is 11.8 Å². The van der Waals surface area contributed by atoms with Gasteiger partial charge in [-0.25, -0.2) is 0 Å². The molecule has 16 heavy (non-hydrogen) atoms. The summed E-state index contributed by atoms with van der Waals surface area (Å²) in [5.74, 6) is 0.614. The summed E-state index contributed by atoms with van der Waals surface area (Å²) in [5.41, 5.74) is 2.81. The Labute approximate surface area is 107 Å². The average Bonchev–Trinajstić information content (AvgIpc) is 2.29. The Kier molecular flexibility index (Phi) is 5.93. The number of nitrogens with one attached hydrogen (secondary N) is 1. The van der Waals surface area contributed by atoms with E-state index in [1.54, 1.807) is 6.20 Å². The Balaban J connectivity index is 2.81. The van der Waals surface area contributed by atoms with Crippen LogP contribution in [0.15, 0.2) is 28.5 Å². The van der Waals surface area contributed by atoms with Crippen LogP contribution in [0.5, 0.6) is 0 Å². The number of nitrogens with zero attached hydrogens (tertiary/aromatic N) is 1. The summed E-state index contributed by atoms with van der Waals surface area (Å²) in [6, 6.07) is 0. The van der Waals surface area contributed by atoms with Crippen molar-refractivity contribution in [3.05, 3.63) is 23.4 Å². The Morgan fingerprint density at radius 3 is 2.75 bits per heavy atom. The summed E-state index contributed by atoms with van der Waals surface area (Å²) in [4.78, 5) is 0. The SMILES string of the molecule is CCC1C/C=C\CC(C)/C(Cl)=C/NN=C1Cl. The molecule has 0 aromatic carbocycles. The van der Waals surface area contributed by atoms with E-state index in [9.17, 15) is 0 Å². The van der Waals surface area contributed by atoms with Crippen LogP contribution >= 0.6 is 23.2 Å². The maximum Gasteiger partial charge on any atom is 0.129 e. The molecule has 0 amide bonds. The number of hydrogen-bond donors (Lipinski definition) is 1. The molecule has 0 aliphatic carbocycles. The standard InChI is InChI=1S/C12H18Cl2N2/c1-3-10-7-5-4-6-9(2)11(13)8-15-16-12(10)14/h4-5,8-10,15H,3,6-7H2,1-2H3/b5-4-,11-8-,16-12?. The molecule has 1 heterocycles. The van der Waals surface area contributed by atoms with E-state index in [1.807, 2.05) is 0 Å². The lowest BCUT2D eigenvalue weighted by molar-refractivity contribution is 0.676. The van der Waals surface area contributed by atoms with Crippen molar-refractivity contribution in [2.24, 2.45) is 16.9 Å². The minimum Gasteiger partial charge on any atom is -0.283 e. The van der Waals surface area contributed by atoms with Gasteiger partial charge in [0.25, 0.3) is 0 Å². The van der Waals surface area contributed by atoms with E-state index in [4.69, 9.17) is 23.2 Å². The van der Waals surface area contributed by atoms with Crippen LogP contribution in [-0.4, -0.2) is 5.17 Å². The van der Waals surface area contributed by atoms with Crippen LogP contribution in [0.3, 0.4) is 0 Å². The minimum atomic E-state index is 0.297. The highest BCUT2D eigenvalue weighted by Crippen LogP contribution is 2.20. The molecule has 1 aliphatic rings. The molecule has 2 unspecified atom stereocenters. The van der Waals surface area contributed by atoms with Crippen LogP contribution in [-0.2, 0) is 0 Å². The number of halogens is 2. The third-order valence-electron chi connectivity index (χ3n) is 2.75. The molecule has 0 bridgehead atoms. The van der Waals surface area contributed by atoms with Gasteiger partial charge in [0.05, 0.1) is 0 Å². The van der Waals surface area contributed by atoms with E-state index in [2.05, 4.69) is 36.5 Å². The highest BCUT2D eigenvalue weighted by molar-refractivity contribution is 6.65. The van der Waals surface area contributed by atoms with E-state index in [0.717, 1.165) is 24.3 Å². The van der Waals surface area contributed by atoms with Crippen LogP contribution < -0.4 is 5.43 Å². The highest BCUT2D eigenvalue weighted by atomic mass is 35.5. The molecule has 1 N–H and O–H groups in total. The van der Waals surface area contributed by atoms with E-state index in [1.165, 1.54) is 0 Å². The zero-order valence-corrected chi connectivity index (χ0v) is 11.2. The molecule has 1 aliphatic heterocycles. The first-order chi connectivity index (χ1) is 7.65. The van der Waals surface area contributed by atoms with Gasteiger partial charge in [-0.05, 0) is 25.2 Å². The molecule has 0 saturated carbocycles. The van der Waals surface area contributed by atoms with E-state index >= 15 is 0 Å². The molecule has 0 radical (unpaired) electrons. The largest absolute Gasteiger partial charge is 0.283 e. The van der Waals surface area contributed by atoms with Gasteiger partial charge in [-0.15, -0.1) is 0 Å². The summed E-state index contributed by atoms with van der Waals surface area (Å²) in [5, 5.41) is 5.49. The fourth-order valence-electron chi connectivity index (χ4n) is 1.49. The zero-order chi connectivity index (χ0) is 12.0. The van der Waals surface area contributed by atoms with Gasteiger partial charge in [0, 0.05) is 17.2 Å². The Hall–Kier alpha value is -0.470. The molecular formula is C12H18Cl2N2. The van der Waals surface area contributed by atoms with Crippen molar-refractivity contribution in [2.75, 3.05) is 0 Å². The second kappa shape index (κ2) is 6.97. The van der Waals surface area contributed by atoms with Crippen LogP contribution in [0.25, 0.3) is 0 Å². The normalized spacial score (nSPS) is 32.8. The number of hydrazone groups is 1. The molecule has 0 fully saturated rings. The predicted molar refractivity (Wildman–Crippen MR) is 71.7 cm³/mol. The maximum atomic E-state index is 6.10. The van der Waals surface area contributed by atoms with Crippen molar-refractivity contribution in [1.29, 1.82) is 0 Å². The zero-order valence-electron chi connectivity index (χ0n) is 9.71. The van der Waals surface area contributed by atoms with Gasteiger partial charge in [-0.3, -0.25) is 5.43 Å². The second-order valence-corrected chi connectivity index (χ2v) is 4.87. The lowest BCUT2D eigenvalue weighted by atomic mass is 10.0. The summed E-state index contributed by atoms with van der Waals surface area (Å²) in [7, 11) is 0. The quantitative estimate of drug-likeness (QED) is 0.702. The van der Waals surface area contributed by atoms with Crippen LogP contribution in [0.4, 0.5) is 0 Å². The van der Waals surface area contributed by atoms with Gasteiger partial charge in [0.1, 0.15) is 5.17 Å². The van der Waals surface area contributed by atoms with Crippen molar-refractivity contribution in [1.82, 2.24) is 5.43 Å². The minimum absolute atomic E-state index is 0.297. The second-order valence-electron chi connectivity index (χ2n) is 4.04. The summed E-state index contributed by atoms with van der Waals surface area (Å²) >= 11 is 12.2. The topological polar surface area (TPSA) is 24.4 Å². The number of rotatable bonds is 1. The van der Waals surface area contributed by atoms with Crippen LogP contribution in [0.1, 0.15) is 33.1 Å². The summed E-state index contributed by atoms with van der Waals surface area (Å²) in [6.07, 6.45) is 8.91. The first-order valence-corrected chi connectivity index (χ1v) is 6.39.